The number of aliphatic hydroxyl groups is 1. The summed E-state index contributed by atoms with van der Waals surface area (Å²) in [4.78, 5) is 0. The normalized spacial score (nSPS) is 17.4. The van der Waals surface area contributed by atoms with Crippen LogP contribution in [0.3, 0.4) is 0 Å². The van der Waals surface area contributed by atoms with Gasteiger partial charge in [0.2, 0.25) is 15.2 Å². The highest BCUT2D eigenvalue weighted by Crippen LogP contribution is 2.45. The Kier molecular flexibility index (Phi) is 17.7. The summed E-state index contributed by atoms with van der Waals surface area (Å²) in [5.41, 5.74) is -0.513. The Balaban J connectivity index is 2.11. The van der Waals surface area contributed by atoms with Gasteiger partial charge in [-0.1, -0.05) is 145 Å². The van der Waals surface area contributed by atoms with E-state index in [-0.39, 0.29) is 11.1 Å². The Bertz CT molecular complexity index is 2200. The van der Waals surface area contributed by atoms with E-state index in [2.05, 4.69) is 16.7 Å². The first-order chi connectivity index (χ1) is 25.5. The van der Waals surface area contributed by atoms with Crippen LogP contribution in [0.4, 0.5) is 0 Å². The van der Waals surface area contributed by atoms with Crippen molar-refractivity contribution in [3.63, 3.8) is 0 Å². The van der Waals surface area contributed by atoms with E-state index >= 15 is 0 Å². The molecule has 1 aliphatic rings. The lowest BCUT2D eigenvalue weighted by molar-refractivity contribution is 0.0200. The van der Waals surface area contributed by atoms with Crippen molar-refractivity contribution < 1.29 is 77.0 Å². The van der Waals surface area contributed by atoms with Crippen molar-refractivity contribution in [3.8, 4) is 28.7 Å². The molecule has 1 heterocycles. The molecule has 0 bridgehead atoms. The minimum absolute atomic E-state index is 0.238. The molecule has 2 aromatic rings. The summed E-state index contributed by atoms with van der Waals surface area (Å²) in [6.45, 7) is -4.28. The highest BCUT2D eigenvalue weighted by atomic mass is 35.6. The summed E-state index contributed by atoms with van der Waals surface area (Å²) in [5, 5.41) is 11.2. The first-order valence-electron chi connectivity index (χ1n) is 13.8. The largest absolute Gasteiger partial charge is 0.482 e. The first kappa shape index (κ1) is 51.9. The SMILES string of the molecule is O=S(=O)(OCC(Cl)(Cl)Cl)Oc1cc2c(c(OS(=O)(=O)OCC(Cl)(Cl)Cl)c1)C[C@H](O)[C@@H](c1ccc(OS(=O)(=O)OCC(Cl)(Cl)Cl)c(OS(=O)(=O)OCC(Cl)(Cl)Cl)c1)O2. The molecule has 3 rings (SSSR count). The number of rotatable bonds is 17. The maximum atomic E-state index is 12.7. The van der Waals surface area contributed by atoms with Gasteiger partial charge in [-0.15, -0.1) is 0 Å². The minimum atomic E-state index is -5.22. The van der Waals surface area contributed by atoms with Crippen molar-refractivity contribution in [1.82, 2.24) is 0 Å². The van der Waals surface area contributed by atoms with Gasteiger partial charge in [-0.2, -0.15) is 33.7 Å². The number of hydrogen-bond donors (Lipinski definition) is 1. The van der Waals surface area contributed by atoms with Gasteiger partial charge in [-0.25, -0.2) is 16.7 Å². The standard InChI is InChI=1S/C23H18Cl12O18S4/c24-20(25,26)7-45-54(37,38)50-12-4-16-13(17(5-12)52-56(41,42)47-9-22(30,31)32)6-14(36)19(49-16)11-1-2-15(51-55(39,40)46-8-21(27,28)29)18(3-11)53-57(43,44)48-10-23(33,34)35/h1-5,14,19,36H,6-10H2/t14-,19+/m0/s1. The fourth-order valence-electron chi connectivity index (χ4n) is 3.78. The maximum Gasteiger partial charge on any atom is 0.449 e. The van der Waals surface area contributed by atoms with Crippen molar-refractivity contribution in [2.75, 3.05) is 26.4 Å². The molecule has 0 amide bonds. The molecule has 57 heavy (non-hydrogen) atoms. The minimum Gasteiger partial charge on any atom is -0.482 e. The molecule has 0 radical (unpaired) electrons. The Morgan fingerprint density at radius 1 is 0.544 bits per heavy atom. The summed E-state index contributed by atoms with van der Waals surface area (Å²) < 4.78 is 135. The van der Waals surface area contributed by atoms with Crippen LogP contribution in [0.2, 0.25) is 0 Å². The molecule has 0 fully saturated rings. The number of fused-ring (bicyclic) bond motifs is 1. The summed E-state index contributed by atoms with van der Waals surface area (Å²) in [6.07, 6.45) is -3.95. The monoisotopic (exact) mass is 1130 g/mol. The zero-order valence-corrected chi connectivity index (χ0v) is 39.0. The van der Waals surface area contributed by atoms with Crippen LogP contribution in [0, 0.1) is 0 Å². The van der Waals surface area contributed by atoms with Gasteiger partial charge < -0.3 is 26.6 Å². The average Bonchev–Trinajstić information content (AvgIpc) is 3.00. The van der Waals surface area contributed by atoms with Gasteiger partial charge in [0.1, 0.15) is 38.3 Å². The van der Waals surface area contributed by atoms with Crippen LogP contribution < -0.4 is 21.5 Å². The summed E-state index contributed by atoms with van der Waals surface area (Å²) in [7, 11) is -20.6. The van der Waals surface area contributed by atoms with E-state index in [0.717, 1.165) is 24.3 Å². The van der Waals surface area contributed by atoms with Gasteiger partial charge in [0.05, 0.1) is 6.10 Å². The Hall–Kier alpha value is 0.520. The maximum absolute atomic E-state index is 12.7. The number of hydrogen-bond acceptors (Lipinski definition) is 18. The topological polar surface area (TPSA) is 240 Å². The summed E-state index contributed by atoms with van der Waals surface area (Å²) in [6, 6.07) is 4.10. The Morgan fingerprint density at radius 2 is 0.930 bits per heavy atom. The second kappa shape index (κ2) is 19.5. The van der Waals surface area contributed by atoms with Crippen LogP contribution in [0.25, 0.3) is 0 Å². The van der Waals surface area contributed by atoms with Gasteiger partial charge in [0.15, 0.2) is 23.0 Å². The van der Waals surface area contributed by atoms with E-state index in [1.54, 1.807) is 0 Å². The molecule has 0 aromatic heterocycles. The molecule has 0 saturated carbocycles. The number of ether oxygens (including phenoxy) is 1. The van der Waals surface area contributed by atoms with Crippen LogP contribution in [0.5, 0.6) is 28.7 Å². The van der Waals surface area contributed by atoms with E-state index < -0.39 is 131 Å². The van der Waals surface area contributed by atoms with Crippen molar-refractivity contribution in [2.24, 2.45) is 0 Å². The molecule has 18 nitrogen and oxygen atoms in total. The van der Waals surface area contributed by atoms with Crippen LogP contribution in [0.1, 0.15) is 17.2 Å². The third-order valence-electron chi connectivity index (χ3n) is 5.70. The lowest BCUT2D eigenvalue weighted by Crippen LogP contribution is -2.31. The third-order valence-corrected chi connectivity index (χ3v) is 10.2. The van der Waals surface area contributed by atoms with E-state index in [1.807, 2.05) is 0 Å². The van der Waals surface area contributed by atoms with E-state index in [9.17, 15) is 38.8 Å². The lowest BCUT2D eigenvalue weighted by Gasteiger charge is -2.32. The molecular formula is C23H18Cl12O18S4. The number of halogens is 12. The quantitative estimate of drug-likeness (QED) is 0.161. The number of alkyl halides is 12. The molecule has 0 aliphatic carbocycles. The van der Waals surface area contributed by atoms with E-state index in [4.69, 9.17) is 161 Å². The van der Waals surface area contributed by atoms with Crippen molar-refractivity contribution in [1.29, 1.82) is 0 Å². The second-order valence-electron chi connectivity index (χ2n) is 10.4. The molecule has 1 N–H and O–H groups in total. The first-order valence-corrected chi connectivity index (χ1v) is 23.7. The molecule has 0 unspecified atom stereocenters. The van der Waals surface area contributed by atoms with Crippen LogP contribution in [-0.2, 0) is 64.7 Å². The van der Waals surface area contributed by atoms with Gasteiger partial charge in [0.25, 0.3) is 0 Å². The average molecular weight is 1140 g/mol. The van der Waals surface area contributed by atoms with Gasteiger partial charge in [0, 0.05) is 24.1 Å². The van der Waals surface area contributed by atoms with Crippen molar-refractivity contribution in [3.05, 3.63) is 41.5 Å². The molecular weight excluding hydrogens is 1120 g/mol. The molecule has 0 spiro atoms. The summed E-state index contributed by atoms with van der Waals surface area (Å²) in [5.74, 6) is -3.91. The molecule has 326 valence electrons. The fraction of sp³-hybridized carbons (Fsp3) is 0.478. The molecule has 2 aromatic carbocycles. The molecule has 34 heteroatoms. The van der Waals surface area contributed by atoms with Crippen molar-refractivity contribution >= 4 is 181 Å². The zero-order valence-electron chi connectivity index (χ0n) is 26.6. The lowest BCUT2D eigenvalue weighted by atomic mass is 9.94. The van der Waals surface area contributed by atoms with Gasteiger partial charge in [-0.05, 0) is 17.7 Å². The van der Waals surface area contributed by atoms with Crippen LogP contribution in [-0.4, -0.2) is 86.5 Å². The molecule has 1 aliphatic heterocycles. The second-order valence-corrected chi connectivity index (χ2v) is 25.3. The Morgan fingerprint density at radius 3 is 1.35 bits per heavy atom. The zero-order chi connectivity index (χ0) is 43.6. The highest BCUT2D eigenvalue weighted by molar-refractivity contribution is 7.83. The predicted molar refractivity (Wildman–Crippen MR) is 209 cm³/mol. The number of benzene rings is 2. The Labute approximate surface area is 384 Å². The van der Waals surface area contributed by atoms with E-state index in [0.29, 0.717) is 6.07 Å². The summed E-state index contributed by atoms with van der Waals surface area (Å²) >= 11 is 66.3. The van der Waals surface area contributed by atoms with E-state index in [1.165, 1.54) is 0 Å². The highest BCUT2D eigenvalue weighted by Gasteiger charge is 2.37. The van der Waals surface area contributed by atoms with Gasteiger partial charge in [-0.3, -0.25) is 0 Å². The van der Waals surface area contributed by atoms with Crippen LogP contribution in [0.15, 0.2) is 30.3 Å². The molecule has 2 atom stereocenters. The smallest absolute Gasteiger partial charge is 0.449 e. The number of aliphatic hydroxyl groups excluding tert-OH is 1. The third kappa shape index (κ3) is 19.2. The fourth-order valence-corrected chi connectivity index (χ4v) is 8.10. The predicted octanol–water partition coefficient (Wildman–Crippen LogP) is 6.77. The van der Waals surface area contributed by atoms with Gasteiger partial charge >= 0.3 is 41.6 Å². The van der Waals surface area contributed by atoms with Crippen LogP contribution >= 0.6 is 139 Å². The van der Waals surface area contributed by atoms with Crippen molar-refractivity contribution in [2.45, 2.75) is 33.8 Å². The molecule has 0 saturated heterocycles.